The number of hydrogen-bond donors (Lipinski definition) is 0. The molecule has 4 aromatic rings. The van der Waals surface area contributed by atoms with Gasteiger partial charge in [-0.05, 0) is 93.2 Å². The Bertz CT molecular complexity index is 1660. The van der Waals surface area contributed by atoms with Crippen molar-refractivity contribution in [2.24, 2.45) is 5.41 Å². The van der Waals surface area contributed by atoms with Gasteiger partial charge in [0.25, 0.3) is 0 Å². The van der Waals surface area contributed by atoms with Crippen LogP contribution in [0, 0.1) is 25.1 Å². The van der Waals surface area contributed by atoms with E-state index in [-0.39, 0.29) is 24.4 Å². The van der Waals surface area contributed by atoms with Gasteiger partial charge in [0.1, 0.15) is 28.8 Å². The number of aryl methyl sites for hydroxylation is 2. The summed E-state index contributed by atoms with van der Waals surface area (Å²) >= 11 is 6.55. The van der Waals surface area contributed by atoms with Crippen LogP contribution in [-0.2, 0) is 22.4 Å². The van der Waals surface area contributed by atoms with Gasteiger partial charge in [-0.2, -0.15) is 0 Å². The van der Waals surface area contributed by atoms with Crippen molar-refractivity contribution in [1.82, 2.24) is 9.88 Å². The molecule has 2 aliphatic heterocycles. The third kappa shape index (κ3) is 7.06. The van der Waals surface area contributed by atoms with Crippen LogP contribution in [-0.4, -0.2) is 55.1 Å². The molecule has 2 saturated heterocycles. The lowest BCUT2D eigenvalue weighted by atomic mass is 9.77. The molecule has 2 fully saturated rings. The van der Waals surface area contributed by atoms with Crippen molar-refractivity contribution in [3.05, 3.63) is 93.9 Å². The van der Waals surface area contributed by atoms with Gasteiger partial charge in [-0.25, -0.2) is 4.39 Å². The first-order valence-corrected chi connectivity index (χ1v) is 15.7. The average molecular weight is 617 g/mol. The summed E-state index contributed by atoms with van der Waals surface area (Å²) in [5.41, 5.74) is 4.24. The quantitative estimate of drug-likeness (QED) is 0.161. The molecular formula is C36H38ClFN2O4. The molecule has 0 atom stereocenters. The second-order valence-electron chi connectivity index (χ2n) is 12.3. The number of benzene rings is 3. The second-order valence-corrected chi connectivity index (χ2v) is 12.7. The molecule has 1 aromatic heterocycles. The molecule has 3 aromatic carbocycles. The first kappa shape index (κ1) is 30.5. The molecule has 0 aliphatic carbocycles. The number of ether oxygens (including phenoxy) is 3. The zero-order valence-corrected chi connectivity index (χ0v) is 26.1. The van der Waals surface area contributed by atoms with E-state index in [0.29, 0.717) is 39.7 Å². The minimum absolute atomic E-state index is 0.0192. The maximum atomic E-state index is 14.1. The van der Waals surface area contributed by atoms with Gasteiger partial charge in [0.05, 0.1) is 25.3 Å². The van der Waals surface area contributed by atoms with Crippen LogP contribution < -0.4 is 9.47 Å². The molecule has 0 saturated carbocycles. The Morgan fingerprint density at radius 1 is 1.00 bits per heavy atom. The standard InChI is InChI=1S/C36H38ClFN2O4/c1-24-4-7-32(38)27(16-24)19-28(41)18-26-5-6-29(20-31(26)37)44-34-8-11-39-33-21-35(25(2)17-30(33)34)43-15-3-12-40-13-9-36(10-14-40)22-42-23-36/h4-8,11,16-17,20-21H,3,9-10,12-15,18-19,22-23H2,1-2H3. The van der Waals surface area contributed by atoms with E-state index in [0.717, 1.165) is 67.0 Å². The van der Waals surface area contributed by atoms with Crippen LogP contribution in [0.2, 0.25) is 5.02 Å². The normalized spacial score (nSPS) is 16.2. The third-order valence-electron chi connectivity index (χ3n) is 8.84. The molecule has 0 bridgehead atoms. The number of likely N-dealkylation sites (tertiary alicyclic amines) is 1. The van der Waals surface area contributed by atoms with Crippen LogP contribution >= 0.6 is 11.6 Å². The van der Waals surface area contributed by atoms with E-state index in [2.05, 4.69) is 9.88 Å². The Balaban J connectivity index is 1.05. The summed E-state index contributed by atoms with van der Waals surface area (Å²) in [6.07, 6.45) is 5.29. The van der Waals surface area contributed by atoms with Crippen molar-refractivity contribution in [1.29, 1.82) is 0 Å². The van der Waals surface area contributed by atoms with Crippen LogP contribution in [0.25, 0.3) is 10.9 Å². The van der Waals surface area contributed by atoms with Gasteiger partial charge in [-0.3, -0.25) is 9.78 Å². The fraction of sp³-hybridized carbons (Fsp3) is 0.389. The molecule has 1 spiro atoms. The number of piperidine rings is 1. The first-order chi connectivity index (χ1) is 21.3. The molecule has 2 aliphatic rings. The Labute approximate surface area is 263 Å². The lowest BCUT2D eigenvalue weighted by Gasteiger charge is -2.47. The van der Waals surface area contributed by atoms with E-state index >= 15 is 0 Å². The molecule has 0 radical (unpaired) electrons. The van der Waals surface area contributed by atoms with Crippen molar-refractivity contribution >= 4 is 28.3 Å². The fourth-order valence-corrected chi connectivity index (χ4v) is 6.33. The maximum Gasteiger partial charge on any atom is 0.141 e. The summed E-state index contributed by atoms with van der Waals surface area (Å²) in [6.45, 7) is 9.77. The van der Waals surface area contributed by atoms with E-state index in [1.807, 2.05) is 32.0 Å². The van der Waals surface area contributed by atoms with Crippen molar-refractivity contribution in [3.8, 4) is 17.2 Å². The van der Waals surface area contributed by atoms with Gasteiger partial charge in [0.2, 0.25) is 0 Å². The summed E-state index contributed by atoms with van der Waals surface area (Å²) in [5, 5.41) is 1.29. The molecule has 6 nitrogen and oxygen atoms in total. The topological polar surface area (TPSA) is 60.9 Å². The molecule has 44 heavy (non-hydrogen) atoms. The number of halogens is 2. The predicted molar refractivity (Wildman–Crippen MR) is 171 cm³/mol. The Morgan fingerprint density at radius 3 is 2.55 bits per heavy atom. The summed E-state index contributed by atoms with van der Waals surface area (Å²) in [7, 11) is 0. The maximum absolute atomic E-state index is 14.1. The minimum atomic E-state index is -0.372. The largest absolute Gasteiger partial charge is 0.493 e. The number of nitrogens with zero attached hydrogens (tertiary/aromatic N) is 2. The number of carbonyl (C=O) groups is 1. The zero-order valence-electron chi connectivity index (χ0n) is 25.3. The van der Waals surface area contributed by atoms with E-state index in [9.17, 15) is 9.18 Å². The second kappa shape index (κ2) is 13.2. The SMILES string of the molecule is Cc1ccc(F)c(CC(=O)Cc2ccc(Oc3ccnc4cc(OCCCN5CCC6(CC5)COC6)c(C)cc34)cc2Cl)c1. The van der Waals surface area contributed by atoms with Crippen LogP contribution in [0.1, 0.15) is 41.5 Å². The Hall–Kier alpha value is -3.52. The number of Topliss-reactive ketones (excluding diaryl/α,β-unsaturated/α-hetero) is 1. The lowest BCUT2D eigenvalue weighted by molar-refractivity contribution is -0.139. The van der Waals surface area contributed by atoms with E-state index in [4.69, 9.17) is 25.8 Å². The summed E-state index contributed by atoms with van der Waals surface area (Å²) in [6, 6.07) is 15.9. The van der Waals surface area contributed by atoms with Crippen LogP contribution in [0.3, 0.4) is 0 Å². The fourth-order valence-electron chi connectivity index (χ4n) is 6.09. The predicted octanol–water partition coefficient (Wildman–Crippen LogP) is 7.67. The van der Waals surface area contributed by atoms with Crippen LogP contribution in [0.15, 0.2) is 60.8 Å². The van der Waals surface area contributed by atoms with Gasteiger partial charge in [0.15, 0.2) is 0 Å². The summed E-state index contributed by atoms with van der Waals surface area (Å²) in [4.78, 5) is 19.8. The molecule has 0 amide bonds. The minimum Gasteiger partial charge on any atom is -0.493 e. The summed E-state index contributed by atoms with van der Waals surface area (Å²) in [5.74, 6) is 1.55. The molecule has 0 N–H and O–H groups in total. The van der Waals surface area contributed by atoms with Crippen molar-refractivity contribution in [3.63, 3.8) is 0 Å². The molecule has 8 heteroatoms. The van der Waals surface area contributed by atoms with Crippen molar-refractivity contribution in [2.75, 3.05) is 39.5 Å². The van der Waals surface area contributed by atoms with Crippen molar-refractivity contribution < 1.29 is 23.4 Å². The number of ketones is 1. The van der Waals surface area contributed by atoms with E-state index in [1.165, 1.54) is 18.9 Å². The molecular weight excluding hydrogens is 579 g/mol. The highest BCUT2D eigenvalue weighted by Gasteiger charge is 2.40. The summed E-state index contributed by atoms with van der Waals surface area (Å²) < 4.78 is 32.0. The Kier molecular flexibility index (Phi) is 9.17. The number of fused-ring (bicyclic) bond motifs is 1. The van der Waals surface area contributed by atoms with Gasteiger partial charge in [-0.1, -0.05) is 35.4 Å². The lowest BCUT2D eigenvalue weighted by Crippen LogP contribution is -2.51. The highest BCUT2D eigenvalue weighted by molar-refractivity contribution is 6.31. The first-order valence-electron chi connectivity index (χ1n) is 15.3. The highest BCUT2D eigenvalue weighted by Crippen LogP contribution is 2.38. The van der Waals surface area contributed by atoms with E-state index in [1.54, 1.807) is 36.5 Å². The highest BCUT2D eigenvalue weighted by atomic mass is 35.5. The number of hydrogen-bond acceptors (Lipinski definition) is 6. The number of rotatable bonds is 11. The third-order valence-corrected chi connectivity index (χ3v) is 9.19. The molecule has 230 valence electrons. The van der Waals surface area contributed by atoms with Crippen LogP contribution in [0.5, 0.6) is 17.2 Å². The average Bonchev–Trinajstić information content (AvgIpc) is 2.98. The van der Waals surface area contributed by atoms with Crippen molar-refractivity contribution in [2.45, 2.75) is 46.0 Å². The molecule has 3 heterocycles. The smallest absolute Gasteiger partial charge is 0.141 e. The number of pyridine rings is 1. The number of aromatic nitrogens is 1. The molecule has 0 unspecified atom stereocenters. The van der Waals surface area contributed by atoms with Crippen LogP contribution in [0.4, 0.5) is 4.39 Å². The van der Waals surface area contributed by atoms with Gasteiger partial charge >= 0.3 is 0 Å². The zero-order chi connectivity index (χ0) is 30.7. The molecule has 6 rings (SSSR count). The monoisotopic (exact) mass is 616 g/mol. The van der Waals surface area contributed by atoms with E-state index < -0.39 is 0 Å². The van der Waals surface area contributed by atoms with Gasteiger partial charge in [-0.15, -0.1) is 0 Å². The van der Waals surface area contributed by atoms with Gasteiger partial charge < -0.3 is 19.1 Å². The number of carbonyl (C=O) groups excluding carboxylic acids is 1. The Morgan fingerprint density at radius 2 is 1.80 bits per heavy atom. The van der Waals surface area contributed by atoms with Gasteiger partial charge in [0, 0.05) is 47.5 Å².